The van der Waals surface area contributed by atoms with Gasteiger partial charge in [-0.25, -0.2) is 26.0 Å². The molecule has 1 heterocycles. The maximum atomic E-state index is 14.1. The van der Waals surface area contributed by atoms with Crippen molar-refractivity contribution >= 4 is 15.5 Å². The van der Waals surface area contributed by atoms with Gasteiger partial charge in [-0.05, 0) is 42.9 Å². The molecule has 0 bridgehead atoms. The predicted octanol–water partition coefficient (Wildman–Crippen LogP) is 5.90. The summed E-state index contributed by atoms with van der Waals surface area (Å²) in [6.07, 6.45) is 1.66. The molecule has 2 aromatic rings. The van der Waals surface area contributed by atoms with Gasteiger partial charge in [-0.1, -0.05) is 32.6 Å². The fraction of sp³-hybridized carbons (Fsp3) is 0.391. The lowest BCUT2D eigenvalue weighted by Gasteiger charge is -2.36. The third-order valence-electron chi connectivity index (χ3n) is 5.61. The van der Waals surface area contributed by atoms with Gasteiger partial charge in [0, 0.05) is 29.1 Å². The molecular weight excluding hydrogens is 430 g/mol. The first-order valence-electron chi connectivity index (χ1n) is 10.1. The van der Waals surface area contributed by atoms with E-state index in [1.165, 1.54) is 0 Å². The highest BCUT2D eigenvalue weighted by Crippen LogP contribution is 2.40. The van der Waals surface area contributed by atoms with Crippen molar-refractivity contribution in [1.29, 1.82) is 0 Å². The van der Waals surface area contributed by atoms with Crippen molar-refractivity contribution in [3.05, 3.63) is 76.0 Å². The van der Waals surface area contributed by atoms with E-state index in [4.69, 9.17) is 0 Å². The minimum atomic E-state index is -4.10. The van der Waals surface area contributed by atoms with Crippen molar-refractivity contribution in [3.8, 4) is 0 Å². The molecule has 0 aliphatic carbocycles. The Labute approximate surface area is 180 Å². The number of allylic oxidation sites excluding steroid dienone is 1. The topological polar surface area (TPSA) is 37.4 Å². The molecule has 3 rings (SSSR count). The van der Waals surface area contributed by atoms with E-state index in [1.807, 2.05) is 13.0 Å². The monoisotopic (exact) mass is 455 g/mol. The number of halogens is 4. The van der Waals surface area contributed by atoms with Gasteiger partial charge in [-0.15, -0.1) is 0 Å². The van der Waals surface area contributed by atoms with E-state index in [-0.39, 0.29) is 5.92 Å². The summed E-state index contributed by atoms with van der Waals surface area (Å²) in [4.78, 5) is 2.11. The average Bonchev–Trinajstić information content (AvgIpc) is 2.71. The van der Waals surface area contributed by atoms with Crippen molar-refractivity contribution in [2.75, 3.05) is 11.4 Å². The third kappa shape index (κ3) is 4.49. The molecule has 168 valence electrons. The molecule has 0 fully saturated rings. The molecule has 1 unspecified atom stereocenters. The Hall–Kier alpha value is -2.35. The molecule has 0 spiro atoms. The molecule has 0 amide bonds. The summed E-state index contributed by atoms with van der Waals surface area (Å²) in [6, 6.07) is 5.24. The third-order valence-corrected chi connectivity index (χ3v) is 7.11. The summed E-state index contributed by atoms with van der Waals surface area (Å²) in [5, 5.41) is 0. The fourth-order valence-corrected chi connectivity index (χ4v) is 5.50. The zero-order chi connectivity index (χ0) is 23.1. The fourth-order valence-electron chi connectivity index (χ4n) is 4.02. The molecule has 2 aromatic carbocycles. The minimum absolute atomic E-state index is 0.133. The van der Waals surface area contributed by atoms with Crippen molar-refractivity contribution in [2.24, 2.45) is 0 Å². The Morgan fingerprint density at radius 1 is 1.06 bits per heavy atom. The maximum Gasteiger partial charge on any atom is 0.166 e. The zero-order valence-corrected chi connectivity index (χ0v) is 18.6. The number of sulfone groups is 1. The molecular formula is C23H25F4NO2S. The Kier molecular flexibility index (Phi) is 6.51. The molecule has 31 heavy (non-hydrogen) atoms. The molecule has 0 aromatic heterocycles. The van der Waals surface area contributed by atoms with Gasteiger partial charge in [0.15, 0.2) is 33.1 Å². The van der Waals surface area contributed by atoms with Crippen molar-refractivity contribution in [3.63, 3.8) is 0 Å². The summed E-state index contributed by atoms with van der Waals surface area (Å²) >= 11 is 0. The van der Waals surface area contributed by atoms with E-state index in [0.717, 1.165) is 43.3 Å². The van der Waals surface area contributed by atoms with Crippen LogP contribution in [-0.2, 0) is 21.3 Å². The van der Waals surface area contributed by atoms with Crippen LogP contribution in [0.2, 0.25) is 0 Å². The molecule has 8 heteroatoms. The lowest BCUT2D eigenvalue weighted by atomic mass is 9.88. The highest BCUT2D eigenvalue weighted by Gasteiger charge is 2.28. The predicted molar refractivity (Wildman–Crippen MR) is 114 cm³/mol. The first-order valence-corrected chi connectivity index (χ1v) is 11.9. The summed E-state index contributed by atoms with van der Waals surface area (Å²) in [5.41, 5.74) is 1.44. The summed E-state index contributed by atoms with van der Waals surface area (Å²) in [6.45, 7) is 9.89. The van der Waals surface area contributed by atoms with Crippen LogP contribution in [0, 0.1) is 30.2 Å². The second-order valence-corrected chi connectivity index (χ2v) is 10.2. The second kappa shape index (κ2) is 8.65. The van der Waals surface area contributed by atoms with Crippen LogP contribution >= 0.6 is 0 Å². The van der Waals surface area contributed by atoms with E-state index >= 15 is 0 Å². The molecule has 1 atom stereocenters. The number of benzene rings is 2. The van der Waals surface area contributed by atoms with Gasteiger partial charge in [-0.2, -0.15) is 0 Å². The second-order valence-electron chi connectivity index (χ2n) is 8.11. The van der Waals surface area contributed by atoms with E-state index in [0.29, 0.717) is 5.56 Å². The van der Waals surface area contributed by atoms with Gasteiger partial charge in [0.1, 0.15) is 0 Å². The standard InChI is InChI=1S/C23H25F4NO2S/c1-5-8-28-14(3)9-13(2)17-10-16(6-7-19(17)28)11-31(29,30)12-18-22(26)20(24)15(4)21(25)23(18)27/h6-7,10,13H,3,5,8-9,11-12H2,1-2,4H3. The Morgan fingerprint density at radius 2 is 1.68 bits per heavy atom. The SMILES string of the molecule is C=C1CC(C)c2cc(CS(=O)(=O)Cc3c(F)c(F)c(C)c(F)c3F)ccc2N1CCC. The Bertz CT molecular complexity index is 1120. The maximum absolute atomic E-state index is 14.1. The lowest BCUT2D eigenvalue weighted by Crippen LogP contribution is -2.29. The van der Waals surface area contributed by atoms with E-state index in [2.05, 4.69) is 18.4 Å². The number of rotatable bonds is 6. The Balaban J connectivity index is 1.92. The molecule has 0 N–H and O–H groups in total. The average molecular weight is 456 g/mol. The smallest absolute Gasteiger partial charge is 0.166 e. The van der Waals surface area contributed by atoms with Gasteiger partial charge in [0.2, 0.25) is 0 Å². The van der Waals surface area contributed by atoms with Crippen molar-refractivity contribution in [2.45, 2.75) is 51.0 Å². The number of anilines is 1. The van der Waals surface area contributed by atoms with Crippen LogP contribution in [-0.4, -0.2) is 15.0 Å². The first kappa shape index (κ1) is 23.3. The molecule has 3 nitrogen and oxygen atoms in total. The molecule has 0 saturated heterocycles. The van der Waals surface area contributed by atoms with E-state index < -0.39 is 55.7 Å². The minimum Gasteiger partial charge on any atom is -0.345 e. The molecule has 1 aliphatic heterocycles. The van der Waals surface area contributed by atoms with Gasteiger partial charge < -0.3 is 4.90 Å². The van der Waals surface area contributed by atoms with Crippen LogP contribution < -0.4 is 4.90 Å². The largest absolute Gasteiger partial charge is 0.345 e. The van der Waals surface area contributed by atoms with Crippen molar-refractivity contribution in [1.82, 2.24) is 0 Å². The van der Waals surface area contributed by atoms with Gasteiger partial charge in [-0.3, -0.25) is 0 Å². The molecule has 0 saturated carbocycles. The highest BCUT2D eigenvalue weighted by molar-refractivity contribution is 7.89. The number of fused-ring (bicyclic) bond motifs is 1. The van der Waals surface area contributed by atoms with Crippen LogP contribution in [0.1, 0.15) is 54.9 Å². The summed E-state index contributed by atoms with van der Waals surface area (Å²) in [7, 11) is -4.10. The quantitative estimate of drug-likeness (QED) is 0.402. The Morgan fingerprint density at radius 3 is 2.26 bits per heavy atom. The first-order chi connectivity index (χ1) is 14.5. The van der Waals surface area contributed by atoms with Gasteiger partial charge in [0.25, 0.3) is 0 Å². The molecule has 1 aliphatic rings. The number of hydrogen-bond donors (Lipinski definition) is 0. The van der Waals surface area contributed by atoms with Crippen LogP contribution in [0.15, 0.2) is 30.5 Å². The summed E-state index contributed by atoms with van der Waals surface area (Å²) in [5.74, 6) is -8.01. The lowest BCUT2D eigenvalue weighted by molar-refractivity contribution is 0.434. The van der Waals surface area contributed by atoms with Crippen LogP contribution in [0.5, 0.6) is 0 Å². The van der Waals surface area contributed by atoms with Gasteiger partial charge >= 0.3 is 0 Å². The van der Waals surface area contributed by atoms with Crippen LogP contribution in [0.4, 0.5) is 23.2 Å². The van der Waals surface area contributed by atoms with Gasteiger partial charge in [0.05, 0.1) is 11.5 Å². The van der Waals surface area contributed by atoms with Crippen molar-refractivity contribution < 1.29 is 26.0 Å². The van der Waals surface area contributed by atoms with Crippen LogP contribution in [0.25, 0.3) is 0 Å². The van der Waals surface area contributed by atoms with Crippen LogP contribution in [0.3, 0.4) is 0 Å². The van der Waals surface area contributed by atoms with E-state index in [1.54, 1.807) is 12.1 Å². The van der Waals surface area contributed by atoms with E-state index in [9.17, 15) is 26.0 Å². The zero-order valence-electron chi connectivity index (χ0n) is 17.7. The molecule has 0 radical (unpaired) electrons. The normalized spacial score (nSPS) is 16.5. The number of nitrogens with zero attached hydrogens (tertiary/aromatic N) is 1. The summed E-state index contributed by atoms with van der Waals surface area (Å²) < 4.78 is 81.2. The highest BCUT2D eigenvalue weighted by atomic mass is 32.2. The number of hydrogen-bond acceptors (Lipinski definition) is 3.